The van der Waals surface area contributed by atoms with Gasteiger partial charge < -0.3 is 9.47 Å². The number of esters is 2. The van der Waals surface area contributed by atoms with E-state index in [1.165, 1.54) is 0 Å². The second kappa shape index (κ2) is 7.41. The third-order valence-electron chi connectivity index (χ3n) is 6.28. The van der Waals surface area contributed by atoms with Crippen LogP contribution in [0.2, 0.25) is 0 Å². The molecule has 0 radical (unpaired) electrons. The van der Waals surface area contributed by atoms with Gasteiger partial charge in [0, 0.05) is 23.3 Å². The van der Waals surface area contributed by atoms with E-state index in [0.717, 1.165) is 58.0 Å². The van der Waals surface area contributed by atoms with Crippen molar-refractivity contribution in [3.8, 4) is 0 Å². The van der Waals surface area contributed by atoms with Gasteiger partial charge in [0.15, 0.2) is 0 Å². The van der Waals surface area contributed by atoms with Gasteiger partial charge in [0.2, 0.25) is 0 Å². The Hall–Kier alpha value is -3.80. The van der Waals surface area contributed by atoms with E-state index >= 15 is 0 Å². The predicted octanol–water partition coefficient (Wildman–Crippen LogP) is 1.83. The normalized spacial score (nSPS) is 18.2. The number of rotatable bonds is 2. The van der Waals surface area contributed by atoms with E-state index in [-0.39, 0.29) is 0 Å². The van der Waals surface area contributed by atoms with E-state index in [2.05, 4.69) is 9.98 Å². The molecular formula is C26H20N2O4. The standard InChI is InChI=1S/C26H20N2O4/c29-25(31-21-13-5-9-17-15-7-1-3-11-19(15)27-23(17)21)26(30)32-22-14-6-10-18-16-8-2-4-12-20(16)28-24(18)22/h1-4,7-8,11-12H,5-6,9-10,13-14H2. The summed E-state index contributed by atoms with van der Waals surface area (Å²) in [5.41, 5.74) is 3.49. The lowest BCUT2D eigenvalue weighted by atomic mass is 9.96. The van der Waals surface area contributed by atoms with Crippen LogP contribution in [0.4, 0.5) is 0 Å². The van der Waals surface area contributed by atoms with Crippen molar-refractivity contribution in [1.82, 2.24) is 0 Å². The maximum absolute atomic E-state index is 12.6. The van der Waals surface area contributed by atoms with Gasteiger partial charge >= 0.3 is 11.9 Å². The van der Waals surface area contributed by atoms with E-state index in [4.69, 9.17) is 9.47 Å². The van der Waals surface area contributed by atoms with Crippen LogP contribution in [0.1, 0.15) is 38.5 Å². The lowest BCUT2D eigenvalue weighted by Crippen LogP contribution is -2.24. The fourth-order valence-electron chi connectivity index (χ4n) is 4.85. The Bertz CT molecular complexity index is 1400. The SMILES string of the molecule is O=C(OC1=C2N=c3ccccc3=C2CCC1)C(=O)OC1=C2N=c3ccccc3=C2CCC1. The van der Waals surface area contributed by atoms with Crippen molar-refractivity contribution in [3.05, 3.63) is 92.6 Å². The molecule has 158 valence electrons. The zero-order valence-corrected chi connectivity index (χ0v) is 17.4. The number of nitrogens with zero attached hydrogens (tertiary/aromatic N) is 2. The van der Waals surface area contributed by atoms with Crippen molar-refractivity contribution < 1.29 is 19.1 Å². The van der Waals surface area contributed by atoms with Crippen LogP contribution < -0.4 is 21.2 Å². The molecule has 4 aliphatic rings. The Morgan fingerprint density at radius 2 is 1.06 bits per heavy atom. The van der Waals surface area contributed by atoms with E-state index in [1.54, 1.807) is 0 Å². The van der Waals surface area contributed by atoms with Crippen LogP contribution in [0.15, 0.2) is 81.4 Å². The molecule has 0 bridgehead atoms. The summed E-state index contributed by atoms with van der Waals surface area (Å²) < 4.78 is 11.0. The second-order valence-corrected chi connectivity index (χ2v) is 8.24. The minimum atomic E-state index is -1.02. The van der Waals surface area contributed by atoms with Crippen molar-refractivity contribution in [3.63, 3.8) is 0 Å². The van der Waals surface area contributed by atoms with Gasteiger partial charge in [-0.1, -0.05) is 36.4 Å². The molecule has 2 aromatic carbocycles. The number of hydrogen-bond donors (Lipinski definition) is 0. The lowest BCUT2D eigenvalue weighted by molar-refractivity contribution is -0.163. The van der Waals surface area contributed by atoms with Gasteiger partial charge in [-0.05, 0) is 49.0 Å². The van der Waals surface area contributed by atoms with Gasteiger partial charge in [0.25, 0.3) is 0 Å². The van der Waals surface area contributed by atoms with E-state index < -0.39 is 11.9 Å². The molecule has 32 heavy (non-hydrogen) atoms. The van der Waals surface area contributed by atoms with E-state index in [9.17, 15) is 9.59 Å². The van der Waals surface area contributed by atoms with E-state index in [0.29, 0.717) is 35.8 Å². The number of allylic oxidation sites excluding steroid dienone is 4. The number of ether oxygens (including phenoxy) is 2. The van der Waals surface area contributed by atoms with Crippen molar-refractivity contribution in [2.75, 3.05) is 0 Å². The summed E-state index contributed by atoms with van der Waals surface area (Å²) in [5, 5.41) is 3.88. The highest BCUT2D eigenvalue weighted by molar-refractivity contribution is 6.30. The minimum absolute atomic E-state index is 0.441. The van der Waals surface area contributed by atoms with Crippen LogP contribution in [0.3, 0.4) is 0 Å². The van der Waals surface area contributed by atoms with Crippen LogP contribution in [-0.4, -0.2) is 11.9 Å². The summed E-state index contributed by atoms with van der Waals surface area (Å²) in [6.45, 7) is 0. The molecule has 0 saturated carbocycles. The van der Waals surface area contributed by atoms with Gasteiger partial charge in [-0.15, -0.1) is 0 Å². The molecule has 6 heteroatoms. The number of fused-ring (bicyclic) bond motifs is 4. The fourth-order valence-corrected chi connectivity index (χ4v) is 4.85. The van der Waals surface area contributed by atoms with Gasteiger partial charge in [-0.2, -0.15) is 0 Å². The monoisotopic (exact) mass is 424 g/mol. The molecule has 0 saturated heterocycles. The zero-order valence-electron chi connectivity index (χ0n) is 17.4. The quantitative estimate of drug-likeness (QED) is 0.545. The molecule has 2 aromatic rings. The van der Waals surface area contributed by atoms with Crippen molar-refractivity contribution in [2.45, 2.75) is 38.5 Å². The minimum Gasteiger partial charge on any atom is -0.420 e. The first-order valence-corrected chi connectivity index (χ1v) is 10.9. The Labute approximate surface area is 183 Å². The number of hydrogen-bond acceptors (Lipinski definition) is 6. The fraction of sp³-hybridized carbons (Fsp3) is 0.231. The lowest BCUT2D eigenvalue weighted by Gasteiger charge is -2.19. The highest BCUT2D eigenvalue weighted by atomic mass is 16.6. The predicted molar refractivity (Wildman–Crippen MR) is 115 cm³/mol. The largest absolute Gasteiger partial charge is 0.423 e. The van der Waals surface area contributed by atoms with Crippen LogP contribution in [-0.2, 0) is 19.1 Å². The molecule has 2 aliphatic carbocycles. The topological polar surface area (TPSA) is 77.3 Å². The molecule has 0 N–H and O–H groups in total. The molecule has 6 nitrogen and oxygen atoms in total. The highest BCUT2D eigenvalue weighted by Crippen LogP contribution is 2.34. The molecule has 0 unspecified atom stereocenters. The number of carbonyl (C=O) groups excluding carboxylic acids is 2. The smallest absolute Gasteiger partial charge is 0.420 e. The van der Waals surface area contributed by atoms with Crippen LogP contribution in [0.25, 0.3) is 11.1 Å². The molecule has 0 fully saturated rings. The number of para-hydroxylation sites is 2. The highest BCUT2D eigenvalue weighted by Gasteiger charge is 2.30. The average Bonchev–Trinajstić information content (AvgIpc) is 3.39. The van der Waals surface area contributed by atoms with Crippen LogP contribution >= 0.6 is 0 Å². The molecule has 6 rings (SSSR count). The van der Waals surface area contributed by atoms with Crippen molar-refractivity contribution in [2.24, 2.45) is 9.98 Å². The third-order valence-corrected chi connectivity index (χ3v) is 6.28. The molecule has 0 atom stereocenters. The van der Waals surface area contributed by atoms with Crippen molar-refractivity contribution >= 4 is 23.1 Å². The summed E-state index contributed by atoms with van der Waals surface area (Å²) in [7, 11) is 0. The van der Waals surface area contributed by atoms with Gasteiger partial charge in [-0.25, -0.2) is 19.6 Å². The summed E-state index contributed by atoms with van der Waals surface area (Å²) in [4.78, 5) is 34.5. The van der Waals surface area contributed by atoms with Gasteiger partial charge in [-0.3, -0.25) is 0 Å². The summed E-state index contributed by atoms with van der Waals surface area (Å²) in [6.07, 6.45) is 4.55. The number of carbonyl (C=O) groups is 2. The first-order valence-electron chi connectivity index (χ1n) is 10.9. The third kappa shape index (κ3) is 3.02. The first kappa shape index (κ1) is 18.9. The molecule has 0 amide bonds. The molecule has 0 aromatic heterocycles. The average molecular weight is 424 g/mol. The van der Waals surface area contributed by atoms with Crippen LogP contribution in [0, 0.1) is 0 Å². The van der Waals surface area contributed by atoms with Crippen molar-refractivity contribution in [1.29, 1.82) is 0 Å². The summed E-state index contributed by atoms with van der Waals surface area (Å²) in [6, 6.07) is 15.7. The second-order valence-electron chi connectivity index (χ2n) is 8.24. The zero-order chi connectivity index (χ0) is 21.7. The number of benzene rings is 2. The molecular weight excluding hydrogens is 404 g/mol. The Morgan fingerprint density at radius 1 is 0.625 bits per heavy atom. The Balaban J connectivity index is 1.27. The van der Waals surface area contributed by atoms with Gasteiger partial charge in [0.1, 0.15) is 22.9 Å². The van der Waals surface area contributed by atoms with E-state index in [1.807, 2.05) is 48.5 Å². The first-order chi connectivity index (χ1) is 15.7. The Morgan fingerprint density at radius 3 is 1.53 bits per heavy atom. The maximum Gasteiger partial charge on any atom is 0.423 e. The van der Waals surface area contributed by atoms with Crippen LogP contribution in [0.5, 0.6) is 0 Å². The summed E-state index contributed by atoms with van der Waals surface area (Å²) in [5.74, 6) is -1.15. The van der Waals surface area contributed by atoms with Gasteiger partial charge in [0.05, 0.1) is 10.7 Å². The molecule has 2 aliphatic heterocycles. The maximum atomic E-state index is 12.6. The summed E-state index contributed by atoms with van der Waals surface area (Å²) >= 11 is 0. The molecule has 2 heterocycles. The Kier molecular flexibility index (Phi) is 4.38. The molecule has 0 spiro atoms.